The number of hydrogen-bond acceptors (Lipinski definition) is 4. The molecule has 6 nitrogen and oxygen atoms in total. The quantitative estimate of drug-likeness (QED) is 0.489. The van der Waals surface area contributed by atoms with E-state index in [4.69, 9.17) is 5.11 Å². The zero-order chi connectivity index (χ0) is 18.6. The molecule has 0 unspecified atom stereocenters. The molecule has 1 heterocycles. The minimum absolute atomic E-state index is 0.0946. The van der Waals surface area contributed by atoms with E-state index < -0.39 is 10.0 Å². The largest absolute Gasteiger partial charge is 0.513 e. The van der Waals surface area contributed by atoms with Gasteiger partial charge in [0.1, 0.15) is 0 Å². The lowest BCUT2D eigenvalue weighted by Crippen LogP contribution is -2.27. The number of anilines is 1. The van der Waals surface area contributed by atoms with E-state index >= 15 is 0 Å². The standard InChI is InChI=1S/C17H23BrN2O4S/c1-12(21)6-4-3-5-8-19-25(23,24)17-11-16-14(10-15(17)18)7-9-20(16)13(2)22/h10-11,19,21H,1,3-9H2,2H3. The van der Waals surface area contributed by atoms with Crippen LogP contribution >= 0.6 is 15.9 Å². The van der Waals surface area contributed by atoms with E-state index in [2.05, 4.69) is 27.2 Å². The molecule has 2 N–H and O–H groups in total. The summed E-state index contributed by atoms with van der Waals surface area (Å²) in [6, 6.07) is 3.34. The van der Waals surface area contributed by atoms with Crippen LogP contribution in [0.25, 0.3) is 0 Å². The van der Waals surface area contributed by atoms with Gasteiger partial charge in [-0.2, -0.15) is 0 Å². The summed E-state index contributed by atoms with van der Waals surface area (Å²) in [7, 11) is -3.67. The number of amides is 1. The average molecular weight is 431 g/mol. The predicted molar refractivity (Wildman–Crippen MR) is 101 cm³/mol. The fraction of sp³-hybridized carbons (Fsp3) is 0.471. The maximum atomic E-state index is 12.6. The maximum Gasteiger partial charge on any atom is 0.241 e. The van der Waals surface area contributed by atoms with Gasteiger partial charge in [-0.15, -0.1) is 0 Å². The molecule has 0 spiro atoms. The Morgan fingerprint density at radius 3 is 2.72 bits per heavy atom. The van der Waals surface area contributed by atoms with Crippen LogP contribution in [-0.4, -0.2) is 32.5 Å². The second-order valence-electron chi connectivity index (χ2n) is 6.11. The molecule has 2 rings (SSSR count). The van der Waals surface area contributed by atoms with Crippen molar-refractivity contribution in [3.63, 3.8) is 0 Å². The summed E-state index contributed by atoms with van der Waals surface area (Å²) in [6.45, 7) is 5.79. The van der Waals surface area contributed by atoms with Crippen LogP contribution in [0.2, 0.25) is 0 Å². The van der Waals surface area contributed by atoms with Gasteiger partial charge in [-0.05, 0) is 52.9 Å². The number of nitrogens with one attached hydrogen (secondary N) is 1. The molecule has 0 radical (unpaired) electrons. The number of unbranched alkanes of at least 4 members (excludes halogenated alkanes) is 2. The number of halogens is 1. The van der Waals surface area contributed by atoms with Crippen molar-refractivity contribution in [3.8, 4) is 0 Å². The third-order valence-electron chi connectivity index (χ3n) is 4.13. The number of fused-ring (bicyclic) bond motifs is 1. The smallest absolute Gasteiger partial charge is 0.241 e. The maximum absolute atomic E-state index is 12.6. The minimum atomic E-state index is -3.67. The number of carbonyl (C=O) groups is 1. The van der Waals surface area contributed by atoms with Crippen molar-refractivity contribution in [1.29, 1.82) is 0 Å². The molecule has 0 atom stereocenters. The van der Waals surface area contributed by atoms with Crippen LogP contribution in [0.1, 0.15) is 38.2 Å². The number of sulfonamides is 1. The first kappa shape index (κ1) is 19.9. The molecule has 8 heteroatoms. The first-order valence-electron chi connectivity index (χ1n) is 8.19. The van der Waals surface area contributed by atoms with Gasteiger partial charge in [0.15, 0.2) is 0 Å². The van der Waals surface area contributed by atoms with Crippen molar-refractivity contribution in [2.24, 2.45) is 0 Å². The van der Waals surface area contributed by atoms with Crippen molar-refractivity contribution >= 4 is 37.5 Å². The Labute approximate surface area is 157 Å². The van der Waals surface area contributed by atoms with E-state index in [-0.39, 0.29) is 16.6 Å². The zero-order valence-corrected chi connectivity index (χ0v) is 16.6. The van der Waals surface area contributed by atoms with Crippen molar-refractivity contribution in [2.75, 3.05) is 18.0 Å². The van der Waals surface area contributed by atoms with Crippen molar-refractivity contribution in [2.45, 2.75) is 43.9 Å². The molecular weight excluding hydrogens is 408 g/mol. The molecule has 0 aromatic heterocycles. The van der Waals surface area contributed by atoms with Gasteiger partial charge in [-0.25, -0.2) is 13.1 Å². The minimum Gasteiger partial charge on any atom is -0.513 e. The second kappa shape index (κ2) is 8.33. The van der Waals surface area contributed by atoms with E-state index in [0.717, 1.165) is 24.8 Å². The summed E-state index contributed by atoms with van der Waals surface area (Å²) in [6.07, 6.45) is 3.49. The zero-order valence-electron chi connectivity index (χ0n) is 14.2. The lowest BCUT2D eigenvalue weighted by atomic mass is 10.2. The summed E-state index contributed by atoms with van der Waals surface area (Å²) in [4.78, 5) is 13.4. The number of rotatable bonds is 8. The summed E-state index contributed by atoms with van der Waals surface area (Å²) < 4.78 is 28.2. The molecule has 0 aliphatic carbocycles. The topological polar surface area (TPSA) is 86.7 Å². The van der Waals surface area contributed by atoms with Crippen LogP contribution in [0.3, 0.4) is 0 Å². The van der Waals surface area contributed by atoms with Gasteiger partial charge in [-0.1, -0.05) is 13.0 Å². The van der Waals surface area contributed by atoms with E-state index in [1.807, 2.05) is 0 Å². The van der Waals surface area contributed by atoms with Crippen molar-refractivity contribution in [1.82, 2.24) is 4.72 Å². The Balaban J connectivity index is 2.05. The van der Waals surface area contributed by atoms with Crippen LogP contribution in [0.4, 0.5) is 5.69 Å². The van der Waals surface area contributed by atoms with Gasteiger partial charge >= 0.3 is 0 Å². The van der Waals surface area contributed by atoms with Gasteiger partial charge in [0.2, 0.25) is 15.9 Å². The van der Waals surface area contributed by atoms with E-state index in [9.17, 15) is 13.2 Å². The average Bonchev–Trinajstić information content (AvgIpc) is 2.92. The highest BCUT2D eigenvalue weighted by Crippen LogP contribution is 2.35. The summed E-state index contributed by atoms with van der Waals surface area (Å²) in [5.74, 6) is 0.0560. The predicted octanol–water partition coefficient (Wildman–Crippen LogP) is 3.27. The monoisotopic (exact) mass is 430 g/mol. The molecule has 0 saturated heterocycles. The Bertz CT molecular complexity index is 777. The molecular formula is C17H23BrN2O4S. The molecule has 1 aliphatic rings. The van der Waals surface area contributed by atoms with Crippen molar-refractivity contribution < 1.29 is 18.3 Å². The Morgan fingerprint density at radius 2 is 2.08 bits per heavy atom. The number of benzene rings is 1. The van der Waals surface area contributed by atoms with Gasteiger partial charge in [0.25, 0.3) is 0 Å². The SMILES string of the molecule is C=C(O)CCCCCNS(=O)(=O)c1cc2c(cc1Br)CCN2C(C)=O. The van der Waals surface area contributed by atoms with Crippen LogP contribution in [0, 0.1) is 0 Å². The molecule has 0 bridgehead atoms. The molecule has 1 amide bonds. The summed E-state index contributed by atoms with van der Waals surface area (Å²) >= 11 is 3.33. The van der Waals surface area contributed by atoms with Gasteiger partial charge in [0, 0.05) is 36.6 Å². The normalized spacial score (nSPS) is 13.8. The van der Waals surface area contributed by atoms with Crippen LogP contribution in [-0.2, 0) is 21.2 Å². The molecule has 0 saturated carbocycles. The lowest BCUT2D eigenvalue weighted by molar-refractivity contribution is -0.116. The Morgan fingerprint density at radius 1 is 1.36 bits per heavy atom. The van der Waals surface area contributed by atoms with Crippen LogP contribution in [0.5, 0.6) is 0 Å². The number of carbonyl (C=O) groups excluding carboxylic acids is 1. The lowest BCUT2D eigenvalue weighted by Gasteiger charge is -2.16. The summed E-state index contributed by atoms with van der Waals surface area (Å²) in [5.41, 5.74) is 1.63. The number of allylic oxidation sites excluding steroid dienone is 1. The van der Waals surface area contributed by atoms with Gasteiger partial charge in [0.05, 0.1) is 10.7 Å². The molecule has 0 fully saturated rings. The fourth-order valence-corrected chi connectivity index (χ4v) is 5.02. The third kappa shape index (κ3) is 5.05. The Hall–Kier alpha value is -1.38. The van der Waals surface area contributed by atoms with E-state index in [1.165, 1.54) is 6.92 Å². The van der Waals surface area contributed by atoms with E-state index in [1.54, 1.807) is 17.0 Å². The molecule has 138 valence electrons. The third-order valence-corrected chi connectivity index (χ3v) is 6.55. The molecule has 25 heavy (non-hydrogen) atoms. The second-order valence-corrected chi connectivity index (χ2v) is 8.70. The van der Waals surface area contributed by atoms with Crippen LogP contribution < -0.4 is 9.62 Å². The van der Waals surface area contributed by atoms with Crippen molar-refractivity contribution in [3.05, 3.63) is 34.5 Å². The molecule has 1 aromatic carbocycles. The van der Waals surface area contributed by atoms with Crippen LogP contribution in [0.15, 0.2) is 33.8 Å². The number of hydrogen-bond donors (Lipinski definition) is 2. The highest BCUT2D eigenvalue weighted by molar-refractivity contribution is 9.10. The number of aliphatic hydroxyl groups excluding tert-OH is 1. The van der Waals surface area contributed by atoms with Gasteiger partial charge < -0.3 is 10.0 Å². The molecule has 1 aliphatic heterocycles. The van der Waals surface area contributed by atoms with Gasteiger partial charge in [-0.3, -0.25) is 4.79 Å². The number of nitrogens with zero attached hydrogens (tertiary/aromatic N) is 1. The first-order chi connectivity index (χ1) is 11.7. The first-order valence-corrected chi connectivity index (χ1v) is 10.5. The Kier molecular flexibility index (Phi) is 6.65. The summed E-state index contributed by atoms with van der Waals surface area (Å²) in [5, 5.41) is 9.02. The molecule has 1 aromatic rings. The highest BCUT2D eigenvalue weighted by Gasteiger charge is 2.27. The fourth-order valence-electron chi connectivity index (χ4n) is 2.84. The highest BCUT2D eigenvalue weighted by atomic mass is 79.9. The number of aliphatic hydroxyl groups is 1. The van der Waals surface area contributed by atoms with E-state index in [0.29, 0.717) is 36.1 Å².